The van der Waals surface area contributed by atoms with Crippen LogP contribution in [0.1, 0.15) is 30.9 Å². The summed E-state index contributed by atoms with van der Waals surface area (Å²) in [5.74, 6) is 0.913. The minimum atomic E-state index is -0.248. The van der Waals surface area contributed by atoms with Crippen LogP contribution in [0.2, 0.25) is 0 Å². The fourth-order valence-electron chi connectivity index (χ4n) is 4.53. The molecular formula is C15H20N2O2. The lowest BCUT2D eigenvalue weighted by molar-refractivity contribution is -0.0376. The van der Waals surface area contributed by atoms with Crippen molar-refractivity contribution >= 4 is 0 Å². The van der Waals surface area contributed by atoms with Crippen molar-refractivity contribution in [3.63, 3.8) is 0 Å². The summed E-state index contributed by atoms with van der Waals surface area (Å²) < 4.78 is 1.95. The van der Waals surface area contributed by atoms with Gasteiger partial charge in [0.2, 0.25) is 0 Å². The maximum absolute atomic E-state index is 12.1. The zero-order valence-corrected chi connectivity index (χ0v) is 11.0. The predicted octanol–water partition coefficient (Wildman–Crippen LogP) is 0.791. The summed E-state index contributed by atoms with van der Waals surface area (Å²) >= 11 is 0. The van der Waals surface area contributed by atoms with Gasteiger partial charge in [-0.2, -0.15) is 0 Å². The minimum absolute atomic E-state index is 0.119. The first-order valence-electron chi connectivity index (χ1n) is 7.36. The summed E-state index contributed by atoms with van der Waals surface area (Å²) in [5.41, 5.74) is 1.26. The van der Waals surface area contributed by atoms with Crippen molar-refractivity contribution < 1.29 is 5.11 Å². The normalized spacial score (nSPS) is 37.5. The Balaban J connectivity index is 1.84. The lowest BCUT2D eigenvalue weighted by Crippen LogP contribution is -2.59. The fraction of sp³-hybridized carbons (Fsp3) is 0.667. The lowest BCUT2D eigenvalue weighted by Gasteiger charge is -2.53. The number of nitrogens with zero attached hydrogens (tertiary/aromatic N) is 2. The third-order valence-electron chi connectivity index (χ3n) is 5.19. The van der Waals surface area contributed by atoms with E-state index in [0.29, 0.717) is 17.9 Å². The highest BCUT2D eigenvalue weighted by Gasteiger charge is 2.46. The highest BCUT2D eigenvalue weighted by molar-refractivity contribution is 5.20. The van der Waals surface area contributed by atoms with Crippen LogP contribution in [0.15, 0.2) is 23.0 Å². The summed E-state index contributed by atoms with van der Waals surface area (Å²) in [6.07, 6.45) is 2.97. The summed E-state index contributed by atoms with van der Waals surface area (Å²) in [4.78, 5) is 14.5. The third-order valence-corrected chi connectivity index (χ3v) is 5.19. The van der Waals surface area contributed by atoms with Crippen molar-refractivity contribution in [2.45, 2.75) is 43.9 Å². The van der Waals surface area contributed by atoms with Crippen LogP contribution in [0.25, 0.3) is 0 Å². The molecule has 4 atom stereocenters. The number of rotatable bonds is 0. The molecule has 102 valence electrons. The molecule has 1 N–H and O–H groups in total. The Bertz CT molecular complexity index is 553. The van der Waals surface area contributed by atoms with E-state index in [1.54, 1.807) is 6.07 Å². The van der Waals surface area contributed by atoms with Crippen LogP contribution < -0.4 is 5.56 Å². The topological polar surface area (TPSA) is 45.5 Å². The number of hydrogen-bond acceptors (Lipinski definition) is 3. The van der Waals surface area contributed by atoms with E-state index in [2.05, 4.69) is 11.0 Å². The first kappa shape index (κ1) is 11.7. The molecule has 4 heteroatoms. The van der Waals surface area contributed by atoms with Crippen molar-refractivity contribution in [1.29, 1.82) is 0 Å². The maximum atomic E-state index is 12.1. The summed E-state index contributed by atoms with van der Waals surface area (Å²) in [6, 6.07) is 6.14. The van der Waals surface area contributed by atoms with E-state index in [4.69, 9.17) is 0 Å². The van der Waals surface area contributed by atoms with Crippen LogP contribution >= 0.6 is 0 Å². The van der Waals surface area contributed by atoms with Gasteiger partial charge in [0.25, 0.3) is 5.56 Å². The van der Waals surface area contributed by atoms with E-state index in [-0.39, 0.29) is 11.7 Å². The standard InChI is InChI=1S/C15H20N2O2/c18-11-7-12-13-4-1-5-14(19)17(13)8-10-3-2-6-16(9-11)15(10)12/h1,4-5,10-12,15,18H,2-3,6-9H2/t10-,11?,12+,15-/m0/s1. The molecule has 4 nitrogen and oxygen atoms in total. The van der Waals surface area contributed by atoms with Crippen LogP contribution in [-0.2, 0) is 6.54 Å². The molecule has 4 heterocycles. The molecule has 0 spiro atoms. The minimum Gasteiger partial charge on any atom is -0.392 e. The number of piperidine rings is 2. The van der Waals surface area contributed by atoms with Crippen molar-refractivity contribution in [3.05, 3.63) is 34.2 Å². The number of aliphatic hydroxyl groups is 1. The second-order valence-electron chi connectivity index (χ2n) is 6.28. The van der Waals surface area contributed by atoms with E-state index in [1.165, 1.54) is 12.8 Å². The molecule has 0 aromatic carbocycles. The molecule has 3 aliphatic rings. The first-order chi connectivity index (χ1) is 9.24. The second-order valence-corrected chi connectivity index (χ2v) is 6.28. The highest BCUT2D eigenvalue weighted by Crippen LogP contribution is 2.43. The van der Waals surface area contributed by atoms with Gasteiger partial charge in [-0.25, -0.2) is 0 Å². The van der Waals surface area contributed by atoms with Gasteiger partial charge in [0.15, 0.2) is 0 Å². The van der Waals surface area contributed by atoms with Gasteiger partial charge in [-0.1, -0.05) is 6.07 Å². The Morgan fingerprint density at radius 1 is 1.26 bits per heavy atom. The van der Waals surface area contributed by atoms with Gasteiger partial charge in [0.05, 0.1) is 6.10 Å². The van der Waals surface area contributed by atoms with Gasteiger partial charge in [-0.3, -0.25) is 9.69 Å². The Morgan fingerprint density at radius 2 is 2.16 bits per heavy atom. The SMILES string of the molecule is O=c1cccc2n1C[C@@H]1CCCN3CC(O)C[C@H]2[C@H]13. The molecule has 2 saturated heterocycles. The number of aromatic nitrogens is 1. The van der Waals surface area contributed by atoms with Crippen LogP contribution in [0.5, 0.6) is 0 Å². The Morgan fingerprint density at radius 3 is 3.05 bits per heavy atom. The molecule has 1 aromatic rings. The molecule has 1 aromatic heterocycles. The van der Waals surface area contributed by atoms with Gasteiger partial charge in [-0.05, 0) is 37.8 Å². The second kappa shape index (κ2) is 4.18. The Kier molecular flexibility index (Phi) is 2.57. The number of aliphatic hydroxyl groups excluding tert-OH is 1. The van der Waals surface area contributed by atoms with E-state index in [1.807, 2.05) is 10.6 Å². The molecule has 0 radical (unpaired) electrons. The molecule has 2 fully saturated rings. The van der Waals surface area contributed by atoms with Gasteiger partial charge in [0.1, 0.15) is 0 Å². The fourth-order valence-corrected chi connectivity index (χ4v) is 4.53. The average Bonchev–Trinajstić information content (AvgIpc) is 2.40. The van der Waals surface area contributed by atoms with Gasteiger partial charge < -0.3 is 9.67 Å². The number of fused-ring (bicyclic) bond motifs is 2. The van der Waals surface area contributed by atoms with Crippen molar-refractivity contribution in [2.24, 2.45) is 5.92 Å². The average molecular weight is 260 g/mol. The molecule has 0 saturated carbocycles. The quantitative estimate of drug-likeness (QED) is 0.750. The predicted molar refractivity (Wildman–Crippen MR) is 72.2 cm³/mol. The summed E-state index contributed by atoms with van der Waals surface area (Å²) in [7, 11) is 0. The van der Waals surface area contributed by atoms with E-state index >= 15 is 0 Å². The molecule has 3 aliphatic heterocycles. The third kappa shape index (κ3) is 1.70. The van der Waals surface area contributed by atoms with Gasteiger partial charge >= 0.3 is 0 Å². The molecular weight excluding hydrogens is 240 g/mol. The molecule has 0 aliphatic carbocycles. The van der Waals surface area contributed by atoms with E-state index < -0.39 is 0 Å². The maximum Gasteiger partial charge on any atom is 0.250 e. The van der Waals surface area contributed by atoms with Gasteiger partial charge in [-0.15, -0.1) is 0 Å². The molecule has 19 heavy (non-hydrogen) atoms. The smallest absolute Gasteiger partial charge is 0.250 e. The van der Waals surface area contributed by atoms with Crippen molar-refractivity contribution in [3.8, 4) is 0 Å². The van der Waals surface area contributed by atoms with Crippen LogP contribution in [0.4, 0.5) is 0 Å². The van der Waals surface area contributed by atoms with E-state index in [9.17, 15) is 9.90 Å². The Hall–Kier alpha value is -1.13. The summed E-state index contributed by atoms with van der Waals surface area (Å²) in [6.45, 7) is 2.78. The number of pyridine rings is 1. The largest absolute Gasteiger partial charge is 0.392 e. The zero-order chi connectivity index (χ0) is 13.0. The lowest BCUT2D eigenvalue weighted by atomic mass is 9.72. The number of hydrogen-bond donors (Lipinski definition) is 1. The molecule has 0 bridgehead atoms. The monoisotopic (exact) mass is 260 g/mol. The molecule has 4 rings (SSSR count). The van der Waals surface area contributed by atoms with E-state index in [0.717, 1.165) is 31.7 Å². The first-order valence-corrected chi connectivity index (χ1v) is 7.36. The van der Waals surface area contributed by atoms with Crippen LogP contribution in [0, 0.1) is 5.92 Å². The van der Waals surface area contributed by atoms with Crippen LogP contribution in [0.3, 0.4) is 0 Å². The van der Waals surface area contributed by atoms with Crippen molar-refractivity contribution in [2.75, 3.05) is 13.1 Å². The van der Waals surface area contributed by atoms with Crippen LogP contribution in [-0.4, -0.2) is 39.8 Å². The zero-order valence-electron chi connectivity index (χ0n) is 11.0. The highest BCUT2D eigenvalue weighted by atomic mass is 16.3. The Labute approximate surface area is 112 Å². The molecule has 1 unspecified atom stereocenters. The van der Waals surface area contributed by atoms with Gasteiger partial charge in [0, 0.05) is 36.8 Å². The summed E-state index contributed by atoms with van der Waals surface area (Å²) in [5, 5.41) is 10.1. The molecule has 0 amide bonds. The van der Waals surface area contributed by atoms with Crippen molar-refractivity contribution in [1.82, 2.24) is 9.47 Å².